The predicted molar refractivity (Wildman–Crippen MR) is 79.0 cm³/mol. The third-order valence-corrected chi connectivity index (χ3v) is 4.73. The summed E-state index contributed by atoms with van der Waals surface area (Å²) in [5, 5.41) is 0.854. The quantitative estimate of drug-likeness (QED) is 0.737. The molecule has 20 heavy (non-hydrogen) atoms. The molecule has 0 unspecified atom stereocenters. The maximum absolute atomic E-state index is 12.5. The van der Waals surface area contributed by atoms with Crippen molar-refractivity contribution in [3.63, 3.8) is 0 Å². The van der Waals surface area contributed by atoms with Crippen molar-refractivity contribution in [3.05, 3.63) is 28.2 Å². The first kappa shape index (κ1) is 13.9. The molecule has 2 fully saturated rings. The van der Waals surface area contributed by atoms with E-state index in [0.29, 0.717) is 21.7 Å². The molecule has 0 spiro atoms. The van der Waals surface area contributed by atoms with E-state index in [-0.39, 0.29) is 23.7 Å². The van der Waals surface area contributed by atoms with Crippen LogP contribution in [0.3, 0.4) is 0 Å². The second kappa shape index (κ2) is 5.05. The fraction of sp³-hybridized carbons (Fsp3) is 0.467. The zero-order valence-corrected chi connectivity index (χ0v) is 12.6. The first-order chi connectivity index (χ1) is 9.47. The number of anilines is 1. The Hall–Kier alpha value is -1.06. The number of hydrogen-bond acceptors (Lipinski definition) is 2. The van der Waals surface area contributed by atoms with Gasteiger partial charge in [0, 0.05) is 10.0 Å². The van der Waals surface area contributed by atoms with Crippen molar-refractivity contribution in [1.82, 2.24) is 0 Å². The van der Waals surface area contributed by atoms with E-state index in [9.17, 15) is 9.59 Å². The Kier molecular flexibility index (Phi) is 3.51. The van der Waals surface area contributed by atoms with Gasteiger partial charge in [-0.1, -0.05) is 30.1 Å². The molecule has 1 aromatic rings. The minimum atomic E-state index is -0.177. The highest BCUT2D eigenvalue weighted by Crippen LogP contribution is 2.42. The first-order valence-corrected chi connectivity index (χ1v) is 7.57. The molecule has 2 aliphatic rings. The molecule has 1 heterocycles. The Balaban J connectivity index is 1.98. The van der Waals surface area contributed by atoms with Crippen LogP contribution in [0.15, 0.2) is 18.2 Å². The Bertz CT molecular complexity index is 567. The Morgan fingerprint density at radius 2 is 1.60 bits per heavy atom. The van der Waals surface area contributed by atoms with Crippen LogP contribution in [0.25, 0.3) is 0 Å². The molecule has 0 N–H and O–H groups in total. The molecule has 1 aromatic carbocycles. The fourth-order valence-corrected chi connectivity index (χ4v) is 3.83. The molecule has 2 amide bonds. The standard InChI is InChI=1S/C15H15Cl2NO2/c1-8-2-3-12-13(4-8)15(20)18(14(12)19)11-6-9(16)5-10(17)7-11/h5-8,12-13H,2-4H2,1H3/t8-,12-,13+/m0/s1. The van der Waals surface area contributed by atoms with Gasteiger partial charge in [0.25, 0.3) is 0 Å². The molecule has 3 nitrogen and oxygen atoms in total. The maximum Gasteiger partial charge on any atom is 0.237 e. The van der Waals surface area contributed by atoms with Crippen molar-refractivity contribution in [2.45, 2.75) is 26.2 Å². The van der Waals surface area contributed by atoms with Gasteiger partial charge in [-0.2, -0.15) is 0 Å². The normalized spacial score (nSPS) is 29.8. The Morgan fingerprint density at radius 1 is 1.00 bits per heavy atom. The summed E-state index contributed by atoms with van der Waals surface area (Å²) < 4.78 is 0. The highest BCUT2D eigenvalue weighted by molar-refractivity contribution is 6.35. The molecular formula is C15H15Cl2NO2. The molecule has 0 aromatic heterocycles. The van der Waals surface area contributed by atoms with Gasteiger partial charge >= 0.3 is 0 Å². The number of imide groups is 1. The minimum Gasteiger partial charge on any atom is -0.274 e. The van der Waals surface area contributed by atoms with Crippen molar-refractivity contribution >= 4 is 40.7 Å². The average Bonchev–Trinajstić information content (AvgIpc) is 2.60. The van der Waals surface area contributed by atoms with Gasteiger partial charge < -0.3 is 0 Å². The molecule has 1 aliphatic carbocycles. The highest BCUT2D eigenvalue weighted by Gasteiger charge is 2.50. The first-order valence-electron chi connectivity index (χ1n) is 6.81. The molecule has 1 aliphatic heterocycles. The minimum absolute atomic E-state index is 0.106. The number of carbonyl (C=O) groups excluding carboxylic acids is 2. The molecular weight excluding hydrogens is 297 g/mol. The zero-order chi connectivity index (χ0) is 14.4. The topological polar surface area (TPSA) is 37.4 Å². The van der Waals surface area contributed by atoms with Crippen molar-refractivity contribution in [1.29, 1.82) is 0 Å². The molecule has 106 valence electrons. The van der Waals surface area contributed by atoms with E-state index in [1.165, 1.54) is 4.90 Å². The van der Waals surface area contributed by atoms with E-state index in [1.807, 2.05) is 0 Å². The van der Waals surface area contributed by atoms with Gasteiger partial charge in [0.2, 0.25) is 11.8 Å². The fourth-order valence-electron chi connectivity index (χ4n) is 3.31. The Morgan fingerprint density at radius 3 is 2.25 bits per heavy atom. The third-order valence-electron chi connectivity index (χ3n) is 4.29. The summed E-state index contributed by atoms with van der Waals surface area (Å²) in [5.74, 6) is -0.0634. The smallest absolute Gasteiger partial charge is 0.237 e. The molecule has 1 saturated heterocycles. The summed E-state index contributed by atoms with van der Waals surface area (Å²) in [6.45, 7) is 2.13. The number of halogens is 2. The maximum atomic E-state index is 12.5. The second-order valence-electron chi connectivity index (χ2n) is 5.77. The summed E-state index contributed by atoms with van der Waals surface area (Å²) in [7, 11) is 0. The van der Waals surface area contributed by atoms with E-state index in [0.717, 1.165) is 19.3 Å². The number of amides is 2. The van der Waals surface area contributed by atoms with Gasteiger partial charge in [0.15, 0.2) is 0 Å². The summed E-state index contributed by atoms with van der Waals surface area (Å²) >= 11 is 11.9. The van der Waals surface area contributed by atoms with Crippen molar-refractivity contribution in [2.75, 3.05) is 4.90 Å². The summed E-state index contributed by atoms with van der Waals surface area (Å²) in [4.78, 5) is 26.3. The van der Waals surface area contributed by atoms with Crippen LogP contribution in [0, 0.1) is 17.8 Å². The van der Waals surface area contributed by atoms with Gasteiger partial charge in [-0.15, -0.1) is 0 Å². The lowest BCUT2D eigenvalue weighted by atomic mass is 9.76. The molecule has 3 atom stereocenters. The van der Waals surface area contributed by atoms with Crippen LogP contribution in [-0.2, 0) is 9.59 Å². The largest absolute Gasteiger partial charge is 0.274 e. The van der Waals surface area contributed by atoms with Crippen LogP contribution >= 0.6 is 23.2 Å². The number of carbonyl (C=O) groups is 2. The second-order valence-corrected chi connectivity index (χ2v) is 6.64. The van der Waals surface area contributed by atoms with Crippen LogP contribution in [0.5, 0.6) is 0 Å². The van der Waals surface area contributed by atoms with E-state index in [2.05, 4.69) is 6.92 Å². The van der Waals surface area contributed by atoms with Crippen LogP contribution in [0.1, 0.15) is 26.2 Å². The predicted octanol–water partition coefficient (Wildman–Crippen LogP) is 3.92. The van der Waals surface area contributed by atoms with E-state index in [4.69, 9.17) is 23.2 Å². The Labute approximate surface area is 127 Å². The lowest BCUT2D eigenvalue weighted by molar-refractivity contribution is -0.122. The molecule has 5 heteroatoms. The lowest BCUT2D eigenvalue weighted by Crippen LogP contribution is -2.30. The van der Waals surface area contributed by atoms with Gasteiger partial charge in [0.05, 0.1) is 17.5 Å². The van der Waals surface area contributed by atoms with E-state index in [1.54, 1.807) is 18.2 Å². The molecule has 0 radical (unpaired) electrons. The van der Waals surface area contributed by atoms with Crippen molar-refractivity contribution in [2.24, 2.45) is 17.8 Å². The molecule has 0 bridgehead atoms. The number of rotatable bonds is 1. The van der Waals surface area contributed by atoms with Crippen LogP contribution < -0.4 is 4.90 Å². The van der Waals surface area contributed by atoms with Crippen LogP contribution in [-0.4, -0.2) is 11.8 Å². The van der Waals surface area contributed by atoms with E-state index < -0.39 is 0 Å². The van der Waals surface area contributed by atoms with Crippen molar-refractivity contribution < 1.29 is 9.59 Å². The monoisotopic (exact) mass is 311 g/mol. The lowest BCUT2D eigenvalue weighted by Gasteiger charge is -2.25. The highest BCUT2D eigenvalue weighted by atomic mass is 35.5. The number of hydrogen-bond donors (Lipinski definition) is 0. The number of fused-ring (bicyclic) bond motifs is 1. The SMILES string of the molecule is C[C@H]1CC[C@@H]2C(=O)N(c3cc(Cl)cc(Cl)c3)C(=O)[C@@H]2C1. The number of nitrogens with zero attached hydrogens (tertiary/aromatic N) is 1. The molecule has 1 saturated carbocycles. The van der Waals surface area contributed by atoms with E-state index >= 15 is 0 Å². The van der Waals surface area contributed by atoms with Crippen LogP contribution in [0.4, 0.5) is 5.69 Å². The van der Waals surface area contributed by atoms with Crippen LogP contribution in [0.2, 0.25) is 10.0 Å². The van der Waals surface area contributed by atoms with Gasteiger partial charge in [-0.25, -0.2) is 4.90 Å². The number of benzene rings is 1. The third kappa shape index (κ3) is 2.23. The van der Waals surface area contributed by atoms with Crippen molar-refractivity contribution in [3.8, 4) is 0 Å². The average molecular weight is 312 g/mol. The summed E-state index contributed by atoms with van der Waals surface area (Å²) in [5.41, 5.74) is 0.486. The zero-order valence-electron chi connectivity index (χ0n) is 11.1. The van der Waals surface area contributed by atoms with Gasteiger partial charge in [-0.3, -0.25) is 9.59 Å². The molecule has 3 rings (SSSR count). The van der Waals surface area contributed by atoms with Gasteiger partial charge in [-0.05, 0) is 43.4 Å². The van der Waals surface area contributed by atoms with Gasteiger partial charge in [0.1, 0.15) is 0 Å². The summed E-state index contributed by atoms with van der Waals surface area (Å²) in [6.07, 6.45) is 2.59. The summed E-state index contributed by atoms with van der Waals surface area (Å²) in [6, 6.07) is 4.82.